The molecule has 0 fully saturated rings. The molecule has 5 nitrogen and oxygen atoms in total. The van der Waals surface area contributed by atoms with E-state index in [-0.39, 0.29) is 11.2 Å². The molecular formula is C21H20ClNO4S. The van der Waals surface area contributed by atoms with E-state index in [0.29, 0.717) is 38.3 Å². The van der Waals surface area contributed by atoms with E-state index in [0.717, 1.165) is 4.90 Å². The Morgan fingerprint density at radius 3 is 2.25 bits per heavy atom. The van der Waals surface area contributed by atoms with Gasteiger partial charge in [-0.2, -0.15) is 0 Å². The van der Waals surface area contributed by atoms with Crippen molar-refractivity contribution in [2.45, 2.75) is 19.1 Å². The van der Waals surface area contributed by atoms with Gasteiger partial charge < -0.3 is 9.47 Å². The van der Waals surface area contributed by atoms with Gasteiger partial charge in [0.2, 0.25) is 0 Å². The summed E-state index contributed by atoms with van der Waals surface area (Å²) in [5, 5.41) is 0.445. The summed E-state index contributed by atoms with van der Waals surface area (Å²) < 4.78 is 10.6. The van der Waals surface area contributed by atoms with Crippen molar-refractivity contribution < 1.29 is 19.1 Å². The number of anilines is 1. The zero-order chi connectivity index (χ0) is 20.4. The molecule has 7 heteroatoms. The van der Waals surface area contributed by atoms with Crippen molar-refractivity contribution in [3.05, 3.63) is 58.0 Å². The van der Waals surface area contributed by atoms with Gasteiger partial charge in [-0.3, -0.25) is 9.59 Å². The van der Waals surface area contributed by atoms with Crippen molar-refractivity contribution in [1.29, 1.82) is 0 Å². The number of amides is 2. The molecule has 1 aliphatic rings. The number of carbonyl (C=O) groups is 2. The number of carbonyl (C=O) groups excluding carboxylic acids is 2. The smallest absolute Gasteiger partial charge is 0.272 e. The van der Waals surface area contributed by atoms with Gasteiger partial charge in [0.15, 0.2) is 0 Å². The lowest BCUT2D eigenvalue weighted by atomic mass is 10.0. The highest BCUT2D eigenvalue weighted by atomic mass is 35.5. The molecule has 0 saturated carbocycles. The number of para-hydroxylation sites is 1. The zero-order valence-corrected chi connectivity index (χ0v) is 17.6. The van der Waals surface area contributed by atoms with Gasteiger partial charge in [0.1, 0.15) is 11.5 Å². The Bertz CT molecular complexity index is 971. The molecule has 3 rings (SSSR count). The van der Waals surface area contributed by atoms with Crippen LogP contribution in [0.4, 0.5) is 5.69 Å². The molecule has 146 valence electrons. The molecule has 28 heavy (non-hydrogen) atoms. The second-order valence-corrected chi connectivity index (χ2v) is 8.33. The second-order valence-electron chi connectivity index (χ2n) is 6.34. The van der Waals surface area contributed by atoms with E-state index < -0.39 is 5.91 Å². The van der Waals surface area contributed by atoms with E-state index in [1.54, 1.807) is 30.3 Å². The summed E-state index contributed by atoms with van der Waals surface area (Å²) in [4.78, 5) is 28.1. The van der Waals surface area contributed by atoms with Crippen LogP contribution in [0.25, 0.3) is 5.57 Å². The summed E-state index contributed by atoms with van der Waals surface area (Å²) >= 11 is 7.57. The third kappa shape index (κ3) is 3.62. The number of halogens is 1. The van der Waals surface area contributed by atoms with Crippen LogP contribution < -0.4 is 14.4 Å². The molecule has 0 N–H and O–H groups in total. The van der Waals surface area contributed by atoms with Gasteiger partial charge >= 0.3 is 0 Å². The third-order valence-electron chi connectivity index (χ3n) is 4.16. The Morgan fingerprint density at radius 1 is 0.964 bits per heavy atom. The fourth-order valence-corrected chi connectivity index (χ4v) is 4.20. The van der Waals surface area contributed by atoms with Crippen molar-refractivity contribution in [2.24, 2.45) is 0 Å². The Labute approximate surface area is 173 Å². The summed E-state index contributed by atoms with van der Waals surface area (Å²) in [5.74, 6) is 0.235. The molecular weight excluding hydrogens is 398 g/mol. The van der Waals surface area contributed by atoms with E-state index in [1.165, 1.54) is 26.0 Å². The van der Waals surface area contributed by atoms with E-state index in [1.807, 2.05) is 26.0 Å². The zero-order valence-electron chi connectivity index (χ0n) is 16.0. The molecule has 0 aromatic heterocycles. The van der Waals surface area contributed by atoms with Gasteiger partial charge in [-0.05, 0) is 24.3 Å². The lowest BCUT2D eigenvalue weighted by Gasteiger charge is -2.17. The fourth-order valence-electron chi connectivity index (χ4n) is 2.97. The molecule has 0 unspecified atom stereocenters. The van der Waals surface area contributed by atoms with Gasteiger partial charge in [0.05, 0.1) is 35.4 Å². The first-order valence-corrected chi connectivity index (χ1v) is 9.91. The number of hydrogen-bond donors (Lipinski definition) is 0. The van der Waals surface area contributed by atoms with E-state index >= 15 is 0 Å². The van der Waals surface area contributed by atoms with Crippen molar-refractivity contribution in [3.8, 4) is 11.5 Å². The lowest BCUT2D eigenvalue weighted by Crippen LogP contribution is -2.31. The number of methoxy groups -OCH3 is 2. The third-order valence-corrected chi connectivity index (χ3v) is 5.55. The molecule has 2 aromatic rings. The number of hydrogen-bond acceptors (Lipinski definition) is 5. The molecule has 0 spiro atoms. The molecule has 1 aliphatic heterocycles. The van der Waals surface area contributed by atoms with Crippen LogP contribution in [0.3, 0.4) is 0 Å². The average Bonchev–Trinajstić information content (AvgIpc) is 2.91. The highest BCUT2D eigenvalue weighted by Gasteiger charge is 2.41. The number of rotatable bonds is 6. The first kappa shape index (κ1) is 20.3. The molecule has 2 aromatic carbocycles. The van der Waals surface area contributed by atoms with Gasteiger partial charge in [0, 0.05) is 10.8 Å². The molecule has 0 aliphatic carbocycles. The highest BCUT2D eigenvalue weighted by Crippen LogP contribution is 2.43. The van der Waals surface area contributed by atoms with Crippen LogP contribution in [-0.4, -0.2) is 31.3 Å². The van der Waals surface area contributed by atoms with Gasteiger partial charge in [-0.1, -0.05) is 43.6 Å². The van der Waals surface area contributed by atoms with E-state index in [4.69, 9.17) is 21.1 Å². The predicted octanol–water partition coefficient (Wildman–Crippen LogP) is 4.78. The molecule has 0 radical (unpaired) electrons. The monoisotopic (exact) mass is 417 g/mol. The quantitative estimate of drug-likeness (QED) is 0.633. The summed E-state index contributed by atoms with van der Waals surface area (Å²) in [6.07, 6.45) is 0. The minimum atomic E-state index is -0.404. The van der Waals surface area contributed by atoms with Crippen LogP contribution in [0, 0.1) is 0 Å². The largest absolute Gasteiger partial charge is 0.496 e. The maximum Gasteiger partial charge on any atom is 0.272 e. The number of benzene rings is 2. The fraction of sp³-hybridized carbons (Fsp3) is 0.238. The lowest BCUT2D eigenvalue weighted by molar-refractivity contribution is -0.119. The van der Waals surface area contributed by atoms with E-state index in [2.05, 4.69) is 0 Å². The van der Waals surface area contributed by atoms with Crippen LogP contribution in [0.1, 0.15) is 19.4 Å². The maximum atomic E-state index is 13.3. The summed E-state index contributed by atoms with van der Waals surface area (Å²) in [6, 6.07) is 12.0. The number of nitrogens with zero attached hydrogens (tertiary/aromatic N) is 1. The standard InChI is InChI=1S/C21H20ClNO4S/c1-12(2)28-19-18(14-7-5-6-8-16(14)26-3)20(24)23(21(19)25)13-9-10-17(27-4)15(22)11-13/h5-12H,1-4H3. The Kier molecular flexibility index (Phi) is 6.01. The van der Waals surface area contributed by atoms with Crippen LogP contribution in [-0.2, 0) is 9.59 Å². The van der Waals surface area contributed by atoms with Crippen molar-refractivity contribution in [2.75, 3.05) is 19.1 Å². The average molecular weight is 418 g/mol. The number of thioether (sulfide) groups is 1. The van der Waals surface area contributed by atoms with Crippen LogP contribution in [0.5, 0.6) is 11.5 Å². The van der Waals surface area contributed by atoms with Crippen molar-refractivity contribution in [1.82, 2.24) is 0 Å². The minimum absolute atomic E-state index is 0.121. The first-order valence-electron chi connectivity index (χ1n) is 8.65. The molecule has 1 heterocycles. The first-order chi connectivity index (χ1) is 13.4. The van der Waals surface area contributed by atoms with Crippen LogP contribution >= 0.6 is 23.4 Å². The SMILES string of the molecule is COc1ccc(N2C(=O)C(SC(C)C)=C(c3ccccc3OC)C2=O)cc1Cl. The van der Waals surface area contributed by atoms with Crippen molar-refractivity contribution in [3.63, 3.8) is 0 Å². The predicted molar refractivity (Wildman–Crippen MR) is 113 cm³/mol. The molecule has 0 bridgehead atoms. The van der Waals surface area contributed by atoms with Gasteiger partial charge in [-0.15, -0.1) is 11.8 Å². The normalized spacial score (nSPS) is 14.3. The molecule has 0 atom stereocenters. The van der Waals surface area contributed by atoms with Crippen LogP contribution in [0.15, 0.2) is 47.4 Å². The Hall–Kier alpha value is -2.44. The Morgan fingerprint density at radius 2 is 1.64 bits per heavy atom. The highest BCUT2D eigenvalue weighted by molar-refractivity contribution is 8.04. The molecule has 0 saturated heterocycles. The summed E-state index contributed by atoms with van der Waals surface area (Å²) in [5.41, 5.74) is 1.33. The number of ether oxygens (including phenoxy) is 2. The minimum Gasteiger partial charge on any atom is -0.496 e. The second kappa shape index (κ2) is 8.29. The van der Waals surface area contributed by atoms with Gasteiger partial charge in [0.25, 0.3) is 11.8 Å². The maximum absolute atomic E-state index is 13.3. The number of imide groups is 1. The van der Waals surface area contributed by atoms with E-state index in [9.17, 15) is 9.59 Å². The topological polar surface area (TPSA) is 55.8 Å². The van der Waals surface area contributed by atoms with Crippen LogP contribution in [0.2, 0.25) is 5.02 Å². The van der Waals surface area contributed by atoms with Crippen molar-refractivity contribution >= 4 is 46.4 Å². The Balaban J connectivity index is 2.13. The molecule has 2 amide bonds. The van der Waals surface area contributed by atoms with Gasteiger partial charge in [-0.25, -0.2) is 4.90 Å². The summed E-state index contributed by atoms with van der Waals surface area (Å²) in [6.45, 7) is 3.95. The summed E-state index contributed by atoms with van der Waals surface area (Å²) in [7, 11) is 3.04.